The van der Waals surface area contributed by atoms with Gasteiger partial charge in [-0.1, -0.05) is 6.92 Å². The minimum absolute atomic E-state index is 0.0680. The highest BCUT2D eigenvalue weighted by Crippen LogP contribution is 1.97. The van der Waals surface area contributed by atoms with Crippen molar-refractivity contribution in [2.24, 2.45) is 0 Å². The van der Waals surface area contributed by atoms with Crippen LogP contribution in [0.25, 0.3) is 0 Å². The predicted octanol–water partition coefficient (Wildman–Crippen LogP) is 0.805. The fourth-order valence-electron chi connectivity index (χ4n) is 1.05. The molecular formula is C10H16N4O. The number of nitrogens with zero attached hydrogens (tertiary/aromatic N) is 2. The molecule has 5 nitrogen and oxygen atoms in total. The molecule has 0 saturated heterocycles. The van der Waals surface area contributed by atoms with Crippen LogP contribution in [-0.4, -0.2) is 29.0 Å². The van der Waals surface area contributed by atoms with Crippen molar-refractivity contribution in [3.05, 3.63) is 18.6 Å². The van der Waals surface area contributed by atoms with Gasteiger partial charge in [0.15, 0.2) is 0 Å². The van der Waals surface area contributed by atoms with E-state index in [9.17, 15) is 4.79 Å². The van der Waals surface area contributed by atoms with Gasteiger partial charge in [-0.05, 0) is 12.5 Å². The maximum absolute atomic E-state index is 11.2. The number of hydrogen-bond donors (Lipinski definition) is 2. The van der Waals surface area contributed by atoms with E-state index in [1.165, 1.54) is 6.33 Å². The molecule has 0 bridgehead atoms. The fraction of sp³-hybridized carbons (Fsp3) is 0.500. The summed E-state index contributed by atoms with van der Waals surface area (Å²) in [6.07, 6.45) is 4.56. The zero-order valence-corrected chi connectivity index (χ0v) is 8.86. The van der Waals surface area contributed by atoms with Crippen LogP contribution in [0.5, 0.6) is 0 Å². The number of amides is 1. The molecule has 5 heteroatoms. The molecule has 0 atom stereocenters. The van der Waals surface area contributed by atoms with E-state index in [1.807, 2.05) is 6.92 Å². The van der Waals surface area contributed by atoms with Gasteiger partial charge in [0.2, 0.25) is 5.91 Å². The van der Waals surface area contributed by atoms with Crippen LogP contribution in [0.15, 0.2) is 18.6 Å². The molecule has 0 spiro atoms. The second-order valence-corrected chi connectivity index (χ2v) is 3.12. The van der Waals surface area contributed by atoms with Gasteiger partial charge in [-0.2, -0.15) is 0 Å². The van der Waals surface area contributed by atoms with E-state index < -0.39 is 0 Å². The smallest absolute Gasteiger partial charge is 0.221 e. The lowest BCUT2D eigenvalue weighted by molar-refractivity contribution is -0.120. The van der Waals surface area contributed by atoms with Crippen molar-refractivity contribution in [2.75, 3.05) is 18.4 Å². The first-order valence-corrected chi connectivity index (χ1v) is 5.09. The van der Waals surface area contributed by atoms with Crippen molar-refractivity contribution in [3.8, 4) is 0 Å². The molecule has 2 N–H and O–H groups in total. The average Bonchev–Trinajstić information content (AvgIpc) is 2.28. The number of rotatable bonds is 6. The standard InChI is InChI=1S/C10H16N4O/c1-2-5-13-10(15)4-7-12-9-3-6-11-8-14-9/h3,6,8H,2,4-5,7H2,1H3,(H,13,15)(H,11,12,14). The topological polar surface area (TPSA) is 66.9 Å². The van der Waals surface area contributed by atoms with Crippen LogP contribution in [0.2, 0.25) is 0 Å². The summed E-state index contributed by atoms with van der Waals surface area (Å²) in [6, 6.07) is 1.77. The zero-order valence-electron chi connectivity index (χ0n) is 8.86. The Morgan fingerprint density at radius 2 is 2.33 bits per heavy atom. The molecule has 1 aromatic heterocycles. The number of carbonyl (C=O) groups excluding carboxylic acids is 1. The second-order valence-electron chi connectivity index (χ2n) is 3.12. The van der Waals surface area contributed by atoms with Crippen molar-refractivity contribution >= 4 is 11.7 Å². The first-order chi connectivity index (χ1) is 7.33. The van der Waals surface area contributed by atoms with E-state index in [1.54, 1.807) is 12.3 Å². The molecule has 82 valence electrons. The minimum atomic E-state index is 0.0680. The van der Waals surface area contributed by atoms with Gasteiger partial charge < -0.3 is 10.6 Å². The third-order valence-electron chi connectivity index (χ3n) is 1.81. The van der Waals surface area contributed by atoms with Gasteiger partial charge in [-0.25, -0.2) is 9.97 Å². The molecule has 15 heavy (non-hydrogen) atoms. The summed E-state index contributed by atoms with van der Waals surface area (Å²) < 4.78 is 0. The maximum atomic E-state index is 11.2. The van der Waals surface area contributed by atoms with Gasteiger partial charge in [0, 0.05) is 25.7 Å². The van der Waals surface area contributed by atoms with Crippen molar-refractivity contribution in [2.45, 2.75) is 19.8 Å². The van der Waals surface area contributed by atoms with Gasteiger partial charge >= 0.3 is 0 Å². The van der Waals surface area contributed by atoms with Gasteiger partial charge in [0.25, 0.3) is 0 Å². The third-order valence-corrected chi connectivity index (χ3v) is 1.81. The molecule has 1 amide bonds. The van der Waals surface area contributed by atoms with Crippen molar-refractivity contribution < 1.29 is 4.79 Å². The van der Waals surface area contributed by atoms with E-state index in [2.05, 4.69) is 20.6 Å². The highest BCUT2D eigenvalue weighted by molar-refractivity contribution is 5.76. The average molecular weight is 208 g/mol. The molecule has 1 aromatic rings. The Bertz CT molecular complexity index is 289. The molecule has 1 heterocycles. The lowest BCUT2D eigenvalue weighted by Crippen LogP contribution is -2.25. The first kappa shape index (κ1) is 11.4. The van der Waals surface area contributed by atoms with Crippen molar-refractivity contribution in [1.29, 1.82) is 0 Å². The lowest BCUT2D eigenvalue weighted by Gasteiger charge is -2.05. The Hall–Kier alpha value is -1.65. The van der Waals surface area contributed by atoms with Crippen LogP contribution in [0.1, 0.15) is 19.8 Å². The fourth-order valence-corrected chi connectivity index (χ4v) is 1.05. The van der Waals surface area contributed by atoms with Gasteiger partial charge in [0.05, 0.1) is 0 Å². The molecule has 0 aliphatic carbocycles. The van der Waals surface area contributed by atoms with E-state index >= 15 is 0 Å². The number of aromatic nitrogens is 2. The quantitative estimate of drug-likeness (QED) is 0.725. The van der Waals surface area contributed by atoms with Gasteiger partial charge in [-0.3, -0.25) is 4.79 Å². The second kappa shape index (κ2) is 6.75. The third kappa shape index (κ3) is 4.95. The normalized spacial score (nSPS) is 9.67. The molecule has 0 aliphatic rings. The SMILES string of the molecule is CCCNC(=O)CCNc1ccncn1. The van der Waals surface area contributed by atoms with Crippen molar-refractivity contribution in [3.63, 3.8) is 0 Å². The Morgan fingerprint density at radius 3 is 3.00 bits per heavy atom. The first-order valence-electron chi connectivity index (χ1n) is 5.09. The number of carbonyl (C=O) groups is 1. The van der Waals surface area contributed by atoms with Gasteiger partial charge in [0.1, 0.15) is 12.1 Å². The van der Waals surface area contributed by atoms with Crippen LogP contribution >= 0.6 is 0 Å². The zero-order chi connectivity index (χ0) is 10.9. The molecule has 0 unspecified atom stereocenters. The van der Waals surface area contributed by atoms with E-state index in [0.717, 1.165) is 18.8 Å². The molecule has 1 rings (SSSR count). The minimum Gasteiger partial charge on any atom is -0.369 e. The summed E-state index contributed by atoms with van der Waals surface area (Å²) in [5, 5.41) is 5.85. The van der Waals surface area contributed by atoms with Crippen LogP contribution in [-0.2, 0) is 4.79 Å². The molecule has 0 saturated carbocycles. The monoisotopic (exact) mass is 208 g/mol. The molecule has 0 aromatic carbocycles. The molecule has 0 aliphatic heterocycles. The number of anilines is 1. The summed E-state index contributed by atoms with van der Waals surface area (Å²) >= 11 is 0. The number of hydrogen-bond acceptors (Lipinski definition) is 4. The summed E-state index contributed by atoms with van der Waals surface area (Å²) in [6.45, 7) is 3.36. The highest BCUT2D eigenvalue weighted by Gasteiger charge is 1.99. The van der Waals surface area contributed by atoms with Crippen LogP contribution in [0, 0.1) is 0 Å². The molecular weight excluding hydrogens is 192 g/mol. The Labute approximate surface area is 89.3 Å². The lowest BCUT2D eigenvalue weighted by atomic mass is 10.3. The van der Waals surface area contributed by atoms with E-state index in [-0.39, 0.29) is 5.91 Å². The summed E-state index contributed by atoms with van der Waals surface area (Å²) in [4.78, 5) is 19.0. The van der Waals surface area contributed by atoms with Gasteiger partial charge in [-0.15, -0.1) is 0 Å². The van der Waals surface area contributed by atoms with E-state index in [4.69, 9.17) is 0 Å². The Kier molecular flexibility index (Phi) is 5.14. The summed E-state index contributed by atoms with van der Waals surface area (Å²) in [5.41, 5.74) is 0. The predicted molar refractivity (Wildman–Crippen MR) is 58.4 cm³/mol. The van der Waals surface area contributed by atoms with Crippen LogP contribution in [0.4, 0.5) is 5.82 Å². The summed E-state index contributed by atoms with van der Waals surface area (Å²) in [7, 11) is 0. The van der Waals surface area contributed by atoms with Crippen LogP contribution < -0.4 is 10.6 Å². The maximum Gasteiger partial charge on any atom is 0.221 e. The number of nitrogens with one attached hydrogen (secondary N) is 2. The Balaban J connectivity index is 2.14. The molecule has 0 fully saturated rings. The van der Waals surface area contributed by atoms with Crippen molar-refractivity contribution in [1.82, 2.24) is 15.3 Å². The largest absolute Gasteiger partial charge is 0.369 e. The van der Waals surface area contributed by atoms with Crippen LogP contribution in [0.3, 0.4) is 0 Å². The molecule has 0 radical (unpaired) electrons. The highest BCUT2D eigenvalue weighted by atomic mass is 16.1. The Morgan fingerprint density at radius 1 is 1.47 bits per heavy atom. The summed E-state index contributed by atoms with van der Waals surface area (Å²) in [5.74, 6) is 0.812. The van der Waals surface area contributed by atoms with E-state index in [0.29, 0.717) is 13.0 Å².